The smallest absolute Gasteiger partial charge is 0.240 e. The largest absolute Gasteiger partial charge is 0.383 e. The summed E-state index contributed by atoms with van der Waals surface area (Å²) in [5.74, 6) is -0.464. The van der Waals surface area contributed by atoms with Crippen LogP contribution < -0.4 is 15.5 Å². The zero-order valence-electron chi connectivity index (χ0n) is 17.4. The quantitative estimate of drug-likeness (QED) is 0.551. The molecule has 3 amide bonds. The van der Waals surface area contributed by atoms with Crippen LogP contribution in [0.5, 0.6) is 0 Å². The molecule has 8 nitrogen and oxygen atoms in total. The molecule has 0 radical (unpaired) electrons. The van der Waals surface area contributed by atoms with Gasteiger partial charge in [-0.3, -0.25) is 14.4 Å². The molecular weight excluding hydrogens is 384 g/mol. The van der Waals surface area contributed by atoms with E-state index >= 15 is 0 Å². The molecule has 2 aromatic rings. The molecule has 0 fully saturated rings. The molecule has 0 aliphatic rings. The fourth-order valence-corrected chi connectivity index (χ4v) is 2.87. The monoisotopic (exact) mass is 412 g/mol. The first-order valence-corrected chi connectivity index (χ1v) is 9.90. The van der Waals surface area contributed by atoms with Gasteiger partial charge in [0.2, 0.25) is 17.7 Å². The number of nitrogens with one attached hydrogen (secondary N) is 2. The average Bonchev–Trinajstić information content (AvgIpc) is 2.76. The van der Waals surface area contributed by atoms with E-state index in [0.29, 0.717) is 31.1 Å². The number of ether oxygens (including phenoxy) is 1. The Morgan fingerprint density at radius 3 is 2.50 bits per heavy atom. The third-order valence-corrected chi connectivity index (χ3v) is 4.39. The van der Waals surface area contributed by atoms with Gasteiger partial charge in [-0.25, -0.2) is 4.98 Å². The highest BCUT2D eigenvalue weighted by Gasteiger charge is 2.21. The minimum absolute atomic E-state index is 0.00844. The number of carbonyl (C=O) groups is 3. The molecule has 0 aliphatic carbocycles. The van der Waals surface area contributed by atoms with Gasteiger partial charge in [-0.2, -0.15) is 0 Å². The predicted octanol–water partition coefficient (Wildman–Crippen LogP) is 2.16. The summed E-state index contributed by atoms with van der Waals surface area (Å²) in [6.07, 6.45) is 2.26. The van der Waals surface area contributed by atoms with Crippen LogP contribution in [0.2, 0.25) is 0 Å². The lowest BCUT2D eigenvalue weighted by molar-refractivity contribution is -0.125. The topological polar surface area (TPSA) is 101 Å². The number of benzene rings is 1. The highest BCUT2D eigenvalue weighted by Crippen LogP contribution is 2.22. The van der Waals surface area contributed by atoms with Crippen LogP contribution in [0.1, 0.15) is 25.3 Å². The lowest BCUT2D eigenvalue weighted by Gasteiger charge is -2.24. The maximum absolute atomic E-state index is 13.0. The van der Waals surface area contributed by atoms with Crippen molar-refractivity contribution >= 4 is 29.2 Å². The zero-order valence-corrected chi connectivity index (χ0v) is 17.4. The Morgan fingerprint density at radius 1 is 1.03 bits per heavy atom. The molecule has 30 heavy (non-hydrogen) atoms. The zero-order chi connectivity index (χ0) is 21.8. The van der Waals surface area contributed by atoms with E-state index in [9.17, 15) is 14.4 Å². The molecule has 0 aliphatic heterocycles. The highest BCUT2D eigenvalue weighted by molar-refractivity contribution is 6.01. The van der Waals surface area contributed by atoms with E-state index in [1.54, 1.807) is 31.5 Å². The molecule has 0 bridgehead atoms. The van der Waals surface area contributed by atoms with Crippen LogP contribution in [0.15, 0.2) is 48.7 Å². The molecule has 0 saturated carbocycles. The van der Waals surface area contributed by atoms with E-state index in [1.807, 2.05) is 31.2 Å². The van der Waals surface area contributed by atoms with Crippen molar-refractivity contribution in [2.45, 2.75) is 26.2 Å². The van der Waals surface area contributed by atoms with Crippen molar-refractivity contribution in [2.24, 2.45) is 0 Å². The standard InChI is InChI=1S/C22H28N4O4/c1-3-17-8-4-5-9-18(17)26(16-21(28)24-14-15-30-2)22(29)12-11-20(27)25-19-10-6-7-13-23-19/h4-10,13H,3,11-12,14-16H2,1-2H3,(H,24,28)(H,23,25,27). The number of aryl methyl sites for hydroxylation is 1. The first kappa shape index (κ1) is 23.0. The van der Waals surface area contributed by atoms with E-state index in [-0.39, 0.29) is 37.1 Å². The third kappa shape index (κ3) is 7.29. The van der Waals surface area contributed by atoms with E-state index in [2.05, 4.69) is 15.6 Å². The van der Waals surface area contributed by atoms with Crippen molar-refractivity contribution < 1.29 is 19.1 Å². The summed E-state index contributed by atoms with van der Waals surface area (Å²) in [6, 6.07) is 12.6. The number of methoxy groups -OCH3 is 1. The second kappa shape index (κ2) is 12.3. The molecular formula is C22H28N4O4. The van der Waals surface area contributed by atoms with Crippen molar-refractivity contribution in [3.8, 4) is 0 Å². The van der Waals surface area contributed by atoms with Gasteiger partial charge in [-0.05, 0) is 30.2 Å². The van der Waals surface area contributed by atoms with Gasteiger partial charge in [-0.1, -0.05) is 31.2 Å². The highest BCUT2D eigenvalue weighted by atomic mass is 16.5. The summed E-state index contributed by atoms with van der Waals surface area (Å²) in [7, 11) is 1.55. The van der Waals surface area contributed by atoms with Gasteiger partial charge in [0.15, 0.2) is 0 Å². The second-order valence-corrected chi connectivity index (χ2v) is 6.57. The number of hydrogen-bond donors (Lipinski definition) is 2. The summed E-state index contributed by atoms with van der Waals surface area (Å²) < 4.78 is 4.93. The normalized spacial score (nSPS) is 10.3. The Bertz CT molecular complexity index is 842. The molecule has 160 valence electrons. The molecule has 0 atom stereocenters. The van der Waals surface area contributed by atoms with Gasteiger partial charge >= 0.3 is 0 Å². The molecule has 0 saturated heterocycles. The summed E-state index contributed by atoms with van der Waals surface area (Å²) in [5.41, 5.74) is 1.63. The SMILES string of the molecule is CCc1ccccc1N(CC(=O)NCCOC)C(=O)CCC(=O)Nc1ccccn1. The van der Waals surface area contributed by atoms with Gasteiger partial charge in [0.1, 0.15) is 12.4 Å². The Kier molecular flexibility index (Phi) is 9.47. The number of para-hydroxylation sites is 1. The van der Waals surface area contributed by atoms with Crippen molar-refractivity contribution in [3.63, 3.8) is 0 Å². The third-order valence-electron chi connectivity index (χ3n) is 4.39. The summed E-state index contributed by atoms with van der Waals surface area (Å²) in [5, 5.41) is 5.39. The number of amides is 3. The lowest BCUT2D eigenvalue weighted by atomic mass is 10.1. The minimum Gasteiger partial charge on any atom is -0.383 e. The van der Waals surface area contributed by atoms with Crippen molar-refractivity contribution in [1.82, 2.24) is 10.3 Å². The maximum atomic E-state index is 13.0. The molecule has 8 heteroatoms. The Hall–Kier alpha value is -3.26. The molecule has 2 N–H and O–H groups in total. The van der Waals surface area contributed by atoms with Crippen LogP contribution in [-0.2, 0) is 25.5 Å². The molecule has 2 rings (SSSR count). The molecule has 0 spiro atoms. The number of hydrogen-bond acceptors (Lipinski definition) is 5. The van der Waals surface area contributed by atoms with Crippen LogP contribution >= 0.6 is 0 Å². The maximum Gasteiger partial charge on any atom is 0.240 e. The Balaban J connectivity index is 2.05. The van der Waals surface area contributed by atoms with Gasteiger partial charge in [-0.15, -0.1) is 0 Å². The number of rotatable bonds is 11. The van der Waals surface area contributed by atoms with Crippen molar-refractivity contribution in [3.05, 3.63) is 54.2 Å². The first-order chi connectivity index (χ1) is 14.5. The van der Waals surface area contributed by atoms with Crippen LogP contribution in [0.3, 0.4) is 0 Å². The fourth-order valence-electron chi connectivity index (χ4n) is 2.87. The number of aromatic nitrogens is 1. The summed E-state index contributed by atoms with van der Waals surface area (Å²) >= 11 is 0. The number of anilines is 2. The predicted molar refractivity (Wildman–Crippen MR) is 115 cm³/mol. The van der Waals surface area contributed by atoms with E-state index in [4.69, 9.17) is 4.74 Å². The fraction of sp³-hybridized carbons (Fsp3) is 0.364. The minimum atomic E-state index is -0.310. The number of nitrogens with zero attached hydrogens (tertiary/aromatic N) is 2. The van der Waals surface area contributed by atoms with Crippen molar-refractivity contribution in [1.29, 1.82) is 0 Å². The van der Waals surface area contributed by atoms with Gasteiger partial charge in [0.25, 0.3) is 0 Å². The average molecular weight is 412 g/mol. The van der Waals surface area contributed by atoms with Crippen molar-refractivity contribution in [2.75, 3.05) is 37.0 Å². The molecule has 1 heterocycles. The van der Waals surface area contributed by atoms with E-state index in [0.717, 1.165) is 5.56 Å². The van der Waals surface area contributed by atoms with Crippen LogP contribution in [0.4, 0.5) is 11.5 Å². The van der Waals surface area contributed by atoms with Gasteiger partial charge in [0, 0.05) is 38.4 Å². The van der Waals surface area contributed by atoms with Gasteiger partial charge in [0.05, 0.1) is 6.61 Å². The number of carbonyl (C=O) groups excluding carboxylic acids is 3. The first-order valence-electron chi connectivity index (χ1n) is 9.90. The van der Waals surface area contributed by atoms with Crippen LogP contribution in [-0.4, -0.2) is 49.5 Å². The van der Waals surface area contributed by atoms with Crippen LogP contribution in [0, 0.1) is 0 Å². The van der Waals surface area contributed by atoms with E-state index in [1.165, 1.54) is 4.90 Å². The molecule has 1 aromatic carbocycles. The van der Waals surface area contributed by atoms with E-state index < -0.39 is 0 Å². The Labute approximate surface area is 176 Å². The summed E-state index contributed by atoms with van der Waals surface area (Å²) in [4.78, 5) is 43.0. The lowest BCUT2D eigenvalue weighted by Crippen LogP contribution is -2.42. The summed E-state index contributed by atoms with van der Waals surface area (Å²) in [6.45, 7) is 2.61. The Morgan fingerprint density at radius 2 is 1.80 bits per heavy atom. The second-order valence-electron chi connectivity index (χ2n) is 6.57. The molecule has 0 unspecified atom stereocenters. The van der Waals surface area contributed by atoms with Gasteiger partial charge < -0.3 is 20.3 Å². The van der Waals surface area contributed by atoms with Crippen LogP contribution in [0.25, 0.3) is 0 Å². The number of pyridine rings is 1. The molecule has 1 aromatic heterocycles.